The summed E-state index contributed by atoms with van der Waals surface area (Å²) in [7, 11) is 0. The van der Waals surface area contributed by atoms with Crippen molar-refractivity contribution in [3.05, 3.63) is 74.7 Å². The van der Waals surface area contributed by atoms with E-state index < -0.39 is 17.9 Å². The SMILES string of the molecule is Cc1cccc(N(C(=O)c2snc(C(N)=O)c2N)[C@H](C(=O)NCCC(C)C)c2ccc(Cl)cc2)c1C. The van der Waals surface area contributed by atoms with E-state index in [0.717, 1.165) is 29.1 Å². The number of amides is 3. The van der Waals surface area contributed by atoms with Gasteiger partial charge in [-0.1, -0.05) is 49.7 Å². The molecule has 0 saturated carbocycles. The van der Waals surface area contributed by atoms with Crippen molar-refractivity contribution in [1.29, 1.82) is 0 Å². The topological polar surface area (TPSA) is 131 Å². The summed E-state index contributed by atoms with van der Waals surface area (Å²) < 4.78 is 3.99. The van der Waals surface area contributed by atoms with Crippen LogP contribution in [0, 0.1) is 19.8 Å². The lowest BCUT2D eigenvalue weighted by Gasteiger charge is -2.33. The van der Waals surface area contributed by atoms with E-state index in [1.807, 2.05) is 26.0 Å². The molecular weight excluding hydrogens is 498 g/mol. The molecule has 2 aromatic carbocycles. The van der Waals surface area contributed by atoms with Gasteiger partial charge in [0.15, 0.2) is 5.69 Å². The molecule has 0 aliphatic rings. The number of nitrogens with one attached hydrogen (secondary N) is 1. The lowest BCUT2D eigenvalue weighted by Crippen LogP contribution is -2.44. The second-order valence-electron chi connectivity index (χ2n) is 8.96. The molecule has 0 spiro atoms. The summed E-state index contributed by atoms with van der Waals surface area (Å²) in [6, 6.07) is 11.2. The number of anilines is 2. The molecule has 3 rings (SSSR count). The predicted octanol–water partition coefficient (Wildman–Crippen LogP) is 4.64. The van der Waals surface area contributed by atoms with Crippen molar-refractivity contribution in [2.24, 2.45) is 11.7 Å². The number of nitrogens with zero attached hydrogens (tertiary/aromatic N) is 2. The summed E-state index contributed by atoms with van der Waals surface area (Å²) in [5, 5.41) is 3.47. The highest BCUT2D eigenvalue weighted by molar-refractivity contribution is 7.09. The number of hydrogen-bond donors (Lipinski definition) is 3. The molecule has 10 heteroatoms. The normalized spacial score (nSPS) is 11.8. The average Bonchev–Trinajstić information content (AvgIpc) is 3.21. The largest absolute Gasteiger partial charge is 0.395 e. The summed E-state index contributed by atoms with van der Waals surface area (Å²) in [5.74, 6) is -1.36. The van der Waals surface area contributed by atoms with E-state index >= 15 is 0 Å². The highest BCUT2D eigenvalue weighted by Gasteiger charge is 2.36. The molecule has 3 amide bonds. The van der Waals surface area contributed by atoms with Crippen LogP contribution in [0.1, 0.15) is 63.2 Å². The zero-order valence-electron chi connectivity index (χ0n) is 20.7. The van der Waals surface area contributed by atoms with Crippen LogP contribution in [0.15, 0.2) is 42.5 Å². The van der Waals surface area contributed by atoms with Crippen LogP contribution in [0.2, 0.25) is 5.02 Å². The molecule has 190 valence electrons. The summed E-state index contributed by atoms with van der Waals surface area (Å²) in [5.41, 5.74) is 14.1. The van der Waals surface area contributed by atoms with E-state index in [-0.39, 0.29) is 22.2 Å². The van der Waals surface area contributed by atoms with Crippen molar-refractivity contribution in [1.82, 2.24) is 9.69 Å². The highest BCUT2D eigenvalue weighted by atomic mass is 35.5. The van der Waals surface area contributed by atoms with Crippen LogP contribution in [-0.4, -0.2) is 28.6 Å². The maximum Gasteiger partial charge on any atom is 0.273 e. The summed E-state index contributed by atoms with van der Waals surface area (Å²) >= 11 is 6.89. The lowest BCUT2D eigenvalue weighted by atomic mass is 9.99. The minimum absolute atomic E-state index is 0.0265. The second-order valence-corrected chi connectivity index (χ2v) is 10.2. The van der Waals surface area contributed by atoms with Gasteiger partial charge in [-0.25, -0.2) is 0 Å². The quantitative estimate of drug-likeness (QED) is 0.373. The lowest BCUT2D eigenvalue weighted by molar-refractivity contribution is -0.122. The Bertz CT molecular complexity index is 1270. The number of aryl methyl sites for hydroxylation is 1. The first-order valence-corrected chi connectivity index (χ1v) is 12.7. The van der Waals surface area contributed by atoms with E-state index in [1.165, 1.54) is 4.90 Å². The van der Waals surface area contributed by atoms with Crippen molar-refractivity contribution in [2.75, 3.05) is 17.2 Å². The molecule has 36 heavy (non-hydrogen) atoms. The van der Waals surface area contributed by atoms with E-state index in [0.29, 0.717) is 28.7 Å². The van der Waals surface area contributed by atoms with Gasteiger partial charge in [0.25, 0.3) is 11.8 Å². The zero-order valence-corrected chi connectivity index (χ0v) is 22.2. The molecule has 5 N–H and O–H groups in total. The molecule has 0 radical (unpaired) electrons. The van der Waals surface area contributed by atoms with Gasteiger partial charge in [-0.2, -0.15) is 4.37 Å². The molecule has 0 saturated heterocycles. The van der Waals surface area contributed by atoms with Gasteiger partial charge in [-0.3, -0.25) is 19.3 Å². The Kier molecular flexibility index (Phi) is 8.70. The fraction of sp³-hybridized carbons (Fsp3) is 0.308. The maximum absolute atomic E-state index is 14.1. The molecule has 0 unspecified atom stereocenters. The van der Waals surface area contributed by atoms with Crippen LogP contribution in [-0.2, 0) is 4.79 Å². The zero-order chi connectivity index (χ0) is 26.6. The standard InChI is InChI=1S/C26H30ClN5O3S/c1-14(2)12-13-30-25(34)22(17-8-10-18(27)11-9-17)32(19-7-5-6-15(3)16(19)4)26(35)23-20(28)21(24(29)33)31-36-23/h5-11,14,22H,12-13,28H2,1-4H3,(H2,29,33)(H,30,34)/t22-/m0/s1. The number of nitrogens with two attached hydrogens (primary N) is 2. The molecule has 3 aromatic rings. The second kappa shape index (κ2) is 11.5. The van der Waals surface area contributed by atoms with E-state index in [1.54, 1.807) is 30.3 Å². The van der Waals surface area contributed by atoms with Gasteiger partial charge >= 0.3 is 0 Å². The van der Waals surface area contributed by atoms with Crippen molar-refractivity contribution < 1.29 is 14.4 Å². The highest BCUT2D eigenvalue weighted by Crippen LogP contribution is 2.36. The van der Waals surface area contributed by atoms with Gasteiger partial charge in [0.05, 0.1) is 5.69 Å². The number of benzene rings is 2. The number of rotatable bonds is 9. The molecular formula is C26H30ClN5O3S. The van der Waals surface area contributed by atoms with Crippen molar-refractivity contribution >= 4 is 52.2 Å². The van der Waals surface area contributed by atoms with Gasteiger partial charge in [-0.15, -0.1) is 0 Å². The number of hydrogen-bond acceptors (Lipinski definition) is 6. The maximum atomic E-state index is 14.1. The average molecular weight is 528 g/mol. The molecule has 1 heterocycles. The molecule has 0 aliphatic carbocycles. The Labute approximate surface area is 219 Å². The third-order valence-corrected chi connectivity index (χ3v) is 7.03. The third kappa shape index (κ3) is 5.85. The number of carbonyl (C=O) groups is 3. The van der Waals surface area contributed by atoms with Gasteiger partial charge in [-0.05, 0) is 72.6 Å². The van der Waals surface area contributed by atoms with E-state index in [2.05, 4.69) is 23.5 Å². The molecule has 0 bridgehead atoms. The minimum Gasteiger partial charge on any atom is -0.395 e. The Morgan fingerprint density at radius 3 is 2.36 bits per heavy atom. The molecule has 1 atom stereocenters. The van der Waals surface area contributed by atoms with Crippen LogP contribution >= 0.6 is 23.1 Å². The number of halogens is 1. The number of primary amides is 1. The van der Waals surface area contributed by atoms with Crippen LogP contribution in [0.5, 0.6) is 0 Å². The van der Waals surface area contributed by atoms with Gasteiger partial charge in [0.1, 0.15) is 10.9 Å². The number of nitrogen functional groups attached to an aromatic ring is 1. The monoisotopic (exact) mass is 527 g/mol. The summed E-state index contributed by atoms with van der Waals surface area (Å²) in [6.07, 6.45) is 0.778. The predicted molar refractivity (Wildman–Crippen MR) is 144 cm³/mol. The Hall–Kier alpha value is -3.43. The Morgan fingerprint density at radius 1 is 1.11 bits per heavy atom. The van der Waals surface area contributed by atoms with Crippen LogP contribution in [0.3, 0.4) is 0 Å². The minimum atomic E-state index is -1.04. The van der Waals surface area contributed by atoms with Crippen molar-refractivity contribution in [2.45, 2.75) is 40.2 Å². The first kappa shape index (κ1) is 27.2. The van der Waals surface area contributed by atoms with Crippen molar-refractivity contribution in [3.8, 4) is 0 Å². The Morgan fingerprint density at radius 2 is 1.78 bits per heavy atom. The van der Waals surface area contributed by atoms with Gasteiger partial charge in [0, 0.05) is 17.3 Å². The Balaban J connectivity index is 2.21. The van der Waals surface area contributed by atoms with E-state index in [4.69, 9.17) is 23.1 Å². The number of aromatic nitrogens is 1. The molecule has 1 aromatic heterocycles. The molecule has 0 fully saturated rings. The van der Waals surface area contributed by atoms with Crippen LogP contribution in [0.4, 0.5) is 11.4 Å². The van der Waals surface area contributed by atoms with Crippen molar-refractivity contribution in [3.63, 3.8) is 0 Å². The first-order chi connectivity index (χ1) is 17.0. The van der Waals surface area contributed by atoms with Gasteiger partial charge < -0.3 is 16.8 Å². The smallest absolute Gasteiger partial charge is 0.273 e. The molecule has 0 aliphatic heterocycles. The summed E-state index contributed by atoms with van der Waals surface area (Å²) in [4.78, 5) is 41.0. The van der Waals surface area contributed by atoms with Crippen LogP contribution in [0.25, 0.3) is 0 Å². The molecule has 8 nitrogen and oxygen atoms in total. The van der Waals surface area contributed by atoms with Crippen LogP contribution < -0.4 is 21.7 Å². The fourth-order valence-corrected chi connectivity index (χ4v) is 4.61. The number of carbonyl (C=O) groups excluding carboxylic acids is 3. The van der Waals surface area contributed by atoms with Gasteiger partial charge in [0.2, 0.25) is 5.91 Å². The third-order valence-electron chi connectivity index (χ3n) is 5.92. The fourth-order valence-electron chi connectivity index (χ4n) is 3.74. The summed E-state index contributed by atoms with van der Waals surface area (Å²) in [6.45, 7) is 8.39. The first-order valence-electron chi connectivity index (χ1n) is 11.5. The van der Waals surface area contributed by atoms with E-state index in [9.17, 15) is 14.4 Å².